The summed E-state index contributed by atoms with van der Waals surface area (Å²) in [5.74, 6) is -1.06. The topological polar surface area (TPSA) is 87.2 Å². The van der Waals surface area contributed by atoms with Crippen LogP contribution in [-0.2, 0) is 27.2 Å². The van der Waals surface area contributed by atoms with E-state index in [1.165, 1.54) is 24.3 Å². The number of carbonyl (C=O) groups is 1. The largest absolute Gasteiger partial charge is 0.486 e. The van der Waals surface area contributed by atoms with Gasteiger partial charge in [-0.3, -0.25) is 9.10 Å². The molecule has 2 aliphatic rings. The van der Waals surface area contributed by atoms with Crippen LogP contribution in [0.15, 0.2) is 71.6 Å². The van der Waals surface area contributed by atoms with E-state index in [-0.39, 0.29) is 60.9 Å². The Kier molecular flexibility index (Phi) is 8.75. The van der Waals surface area contributed by atoms with Gasteiger partial charge in [-0.05, 0) is 66.9 Å². The molecule has 240 valence electrons. The molecule has 5 rings (SSSR count). The van der Waals surface area contributed by atoms with Crippen LogP contribution in [0.25, 0.3) is 5.57 Å². The van der Waals surface area contributed by atoms with Crippen LogP contribution < -0.4 is 13.9 Å². The van der Waals surface area contributed by atoms with Crippen molar-refractivity contribution in [2.45, 2.75) is 42.6 Å². The summed E-state index contributed by atoms with van der Waals surface area (Å²) < 4.78 is 116. The lowest BCUT2D eigenvalue weighted by Crippen LogP contribution is -2.44. The van der Waals surface area contributed by atoms with Crippen molar-refractivity contribution in [3.63, 3.8) is 0 Å². The van der Waals surface area contributed by atoms with Crippen LogP contribution in [-0.4, -0.2) is 45.2 Å². The summed E-state index contributed by atoms with van der Waals surface area (Å²) in [7, 11) is -4.59. The van der Waals surface area contributed by atoms with Crippen molar-refractivity contribution in [2.24, 2.45) is 0 Å². The third-order valence-corrected chi connectivity index (χ3v) is 9.61. The molecule has 3 aromatic rings. The van der Waals surface area contributed by atoms with Crippen LogP contribution in [0.4, 0.5) is 37.7 Å². The summed E-state index contributed by atoms with van der Waals surface area (Å²) in [5.41, 5.74) is -1.20. The van der Waals surface area contributed by atoms with E-state index < -0.39 is 50.5 Å². The number of carboxylic acid groups (broad SMARTS) is 1. The first kappa shape index (κ1) is 32.5. The molecule has 7 nitrogen and oxygen atoms in total. The standard InChI is InChI=1S/C30H25ClF6N2O5S/c31-24-6-2-5-23(30(35,36)37)28(24)18-11-13-38(14-12-18)20-7-9-26-25(16-20)39(17-21(44-26)8-10-27(40)41)45(42,43)22-4-1-3-19(15-22)29(32,33)34/h1-7,9,11,15-16,21H,8,10,12-14,17H2,(H,40,41). The number of aliphatic carboxylic acids is 1. The molecule has 0 spiro atoms. The number of sulfonamides is 1. The van der Waals surface area contributed by atoms with E-state index in [1.54, 1.807) is 17.0 Å². The predicted molar refractivity (Wildman–Crippen MR) is 155 cm³/mol. The molecule has 0 fully saturated rings. The average Bonchev–Trinajstić information content (AvgIpc) is 2.98. The van der Waals surface area contributed by atoms with Crippen molar-refractivity contribution in [3.05, 3.63) is 88.5 Å². The summed E-state index contributed by atoms with van der Waals surface area (Å²) >= 11 is 6.17. The zero-order valence-electron chi connectivity index (χ0n) is 23.2. The van der Waals surface area contributed by atoms with Crippen molar-refractivity contribution in [2.75, 3.05) is 28.8 Å². The van der Waals surface area contributed by atoms with Gasteiger partial charge in [-0.2, -0.15) is 26.3 Å². The van der Waals surface area contributed by atoms with Gasteiger partial charge in [-0.15, -0.1) is 0 Å². The molecule has 45 heavy (non-hydrogen) atoms. The highest BCUT2D eigenvalue weighted by Crippen LogP contribution is 2.43. The molecular formula is C30H25ClF6N2O5S. The highest BCUT2D eigenvalue weighted by molar-refractivity contribution is 7.92. The fourth-order valence-electron chi connectivity index (χ4n) is 5.34. The van der Waals surface area contributed by atoms with Gasteiger partial charge in [-0.1, -0.05) is 29.8 Å². The van der Waals surface area contributed by atoms with Crippen LogP contribution >= 0.6 is 11.6 Å². The molecule has 0 saturated heterocycles. The Labute approximate surface area is 259 Å². The molecule has 0 bridgehead atoms. The Morgan fingerprint density at radius 1 is 1.00 bits per heavy atom. The lowest BCUT2D eigenvalue weighted by atomic mass is 9.94. The Hall–Kier alpha value is -3.91. The van der Waals surface area contributed by atoms with Crippen LogP contribution in [0.2, 0.25) is 5.02 Å². The first-order valence-corrected chi connectivity index (χ1v) is 15.4. The Morgan fingerprint density at radius 3 is 2.38 bits per heavy atom. The van der Waals surface area contributed by atoms with Crippen LogP contribution in [0.3, 0.4) is 0 Å². The number of anilines is 2. The molecule has 15 heteroatoms. The lowest BCUT2D eigenvalue weighted by Gasteiger charge is -2.37. The van der Waals surface area contributed by atoms with E-state index in [0.29, 0.717) is 17.3 Å². The number of fused-ring (bicyclic) bond motifs is 1. The second-order valence-electron chi connectivity index (χ2n) is 10.5. The molecule has 2 heterocycles. The maximum Gasteiger partial charge on any atom is 0.417 e. The SMILES string of the molecule is O=C(O)CCC1CN(S(=O)(=O)c2cccc(C(F)(F)F)c2)c2cc(N3CC=C(c4c(Cl)cccc4C(F)(F)F)CC3)ccc2O1. The molecule has 1 atom stereocenters. The smallest absolute Gasteiger partial charge is 0.417 e. The van der Waals surface area contributed by atoms with E-state index in [9.17, 15) is 39.6 Å². The second-order valence-corrected chi connectivity index (χ2v) is 12.7. The lowest BCUT2D eigenvalue weighted by molar-refractivity contribution is -0.138. The Bertz CT molecular complexity index is 1760. The van der Waals surface area contributed by atoms with E-state index in [0.717, 1.165) is 28.6 Å². The molecule has 0 amide bonds. The minimum Gasteiger partial charge on any atom is -0.486 e. The molecule has 0 aliphatic carbocycles. The molecule has 1 unspecified atom stereocenters. The summed E-state index contributed by atoms with van der Waals surface area (Å²) in [6.45, 7) is 0.0355. The number of alkyl halides is 6. The molecule has 3 aromatic carbocycles. The van der Waals surface area contributed by atoms with Gasteiger partial charge in [0, 0.05) is 35.8 Å². The van der Waals surface area contributed by atoms with Crippen LogP contribution in [0, 0.1) is 0 Å². The molecule has 0 aromatic heterocycles. The third kappa shape index (κ3) is 6.86. The zero-order valence-corrected chi connectivity index (χ0v) is 24.8. The summed E-state index contributed by atoms with van der Waals surface area (Å²) in [5, 5.41) is 9.09. The van der Waals surface area contributed by atoms with E-state index in [4.69, 9.17) is 21.4 Å². The Morgan fingerprint density at radius 2 is 1.73 bits per heavy atom. The number of ether oxygens (including phenoxy) is 1. The fourth-order valence-corrected chi connectivity index (χ4v) is 7.18. The molecule has 2 aliphatic heterocycles. The van der Waals surface area contributed by atoms with Crippen molar-refractivity contribution in [1.82, 2.24) is 0 Å². The first-order chi connectivity index (χ1) is 21.1. The van der Waals surface area contributed by atoms with Gasteiger partial charge in [-0.25, -0.2) is 8.42 Å². The predicted octanol–water partition coefficient (Wildman–Crippen LogP) is 7.49. The van der Waals surface area contributed by atoms with E-state index >= 15 is 0 Å². The molecule has 0 saturated carbocycles. The minimum absolute atomic E-state index is 0.0247. The van der Waals surface area contributed by atoms with Crippen molar-refractivity contribution >= 4 is 44.5 Å². The van der Waals surface area contributed by atoms with Crippen molar-refractivity contribution < 1.29 is 49.4 Å². The van der Waals surface area contributed by atoms with Gasteiger partial charge < -0.3 is 14.7 Å². The normalized spacial score (nSPS) is 17.4. The highest BCUT2D eigenvalue weighted by atomic mass is 35.5. The second kappa shape index (κ2) is 12.1. The summed E-state index contributed by atoms with van der Waals surface area (Å²) in [6.07, 6.45) is -8.92. The van der Waals surface area contributed by atoms with E-state index in [2.05, 4.69) is 0 Å². The zero-order chi connectivity index (χ0) is 32.7. The van der Waals surface area contributed by atoms with Gasteiger partial charge in [0.1, 0.15) is 11.9 Å². The van der Waals surface area contributed by atoms with Gasteiger partial charge in [0.25, 0.3) is 10.0 Å². The maximum absolute atomic E-state index is 13.8. The molecule has 0 radical (unpaired) electrons. The van der Waals surface area contributed by atoms with Gasteiger partial charge in [0.15, 0.2) is 0 Å². The number of carboxylic acids is 1. The van der Waals surface area contributed by atoms with Gasteiger partial charge in [0.05, 0.1) is 28.3 Å². The van der Waals surface area contributed by atoms with Crippen LogP contribution in [0.1, 0.15) is 36.0 Å². The van der Waals surface area contributed by atoms with Gasteiger partial charge >= 0.3 is 18.3 Å². The quantitative estimate of drug-likeness (QED) is 0.262. The Balaban J connectivity index is 1.49. The number of benzene rings is 3. The number of halogens is 7. The maximum atomic E-state index is 13.8. The first-order valence-electron chi connectivity index (χ1n) is 13.6. The molecular weight excluding hydrogens is 650 g/mol. The molecule has 1 N–H and O–H groups in total. The van der Waals surface area contributed by atoms with Gasteiger partial charge in [0.2, 0.25) is 0 Å². The number of nitrogens with zero attached hydrogens (tertiary/aromatic N) is 2. The van der Waals surface area contributed by atoms with Crippen molar-refractivity contribution in [3.8, 4) is 5.75 Å². The highest BCUT2D eigenvalue weighted by Gasteiger charge is 2.38. The monoisotopic (exact) mass is 674 g/mol. The number of rotatable bonds is 7. The average molecular weight is 675 g/mol. The third-order valence-electron chi connectivity index (χ3n) is 7.52. The van der Waals surface area contributed by atoms with Crippen LogP contribution in [0.5, 0.6) is 5.75 Å². The minimum atomic E-state index is -4.79. The number of hydrogen-bond donors (Lipinski definition) is 1. The number of hydrogen-bond acceptors (Lipinski definition) is 5. The summed E-state index contributed by atoms with van der Waals surface area (Å²) in [6, 6.07) is 11.4. The summed E-state index contributed by atoms with van der Waals surface area (Å²) in [4.78, 5) is 12.3. The van der Waals surface area contributed by atoms with Crippen molar-refractivity contribution in [1.29, 1.82) is 0 Å². The fraction of sp³-hybridized carbons (Fsp3) is 0.300. The van der Waals surface area contributed by atoms with E-state index in [1.807, 2.05) is 0 Å².